The first-order valence-corrected chi connectivity index (χ1v) is 7.64. The average molecular weight is 254 g/mol. The van der Waals surface area contributed by atoms with Gasteiger partial charge < -0.3 is 4.90 Å². The van der Waals surface area contributed by atoms with Crippen LogP contribution in [0.5, 0.6) is 0 Å². The van der Waals surface area contributed by atoms with Gasteiger partial charge in [-0.15, -0.1) is 0 Å². The molecule has 18 heavy (non-hydrogen) atoms. The summed E-state index contributed by atoms with van der Waals surface area (Å²) in [7, 11) is 0. The Labute approximate surface area is 112 Å². The minimum atomic E-state index is -0.332. The van der Waals surface area contributed by atoms with Crippen molar-refractivity contribution in [2.45, 2.75) is 84.3 Å². The van der Waals surface area contributed by atoms with Gasteiger partial charge in [0.25, 0.3) is 0 Å². The number of nitrogens with one attached hydrogen (secondary N) is 1. The Hall–Kier alpha value is -0.570. The van der Waals surface area contributed by atoms with E-state index in [2.05, 4.69) is 26.1 Å². The van der Waals surface area contributed by atoms with Gasteiger partial charge in [-0.2, -0.15) is 0 Å². The first-order valence-electron chi connectivity index (χ1n) is 7.64. The molecule has 1 N–H and O–H groups in total. The zero-order valence-electron chi connectivity index (χ0n) is 12.6. The van der Waals surface area contributed by atoms with Crippen molar-refractivity contribution in [1.82, 2.24) is 10.2 Å². The van der Waals surface area contributed by atoms with E-state index in [1.54, 1.807) is 0 Å². The fraction of sp³-hybridized carbons (Fsp3) is 0.933. The Bertz CT molecular complexity index is 267. The van der Waals surface area contributed by atoms with Crippen LogP contribution in [0.4, 0.5) is 0 Å². The summed E-state index contributed by atoms with van der Waals surface area (Å²) in [5, 5.41) is 3.42. The summed E-state index contributed by atoms with van der Waals surface area (Å²) in [5.74, 6) is 0.283. The fourth-order valence-electron chi connectivity index (χ4n) is 2.70. The van der Waals surface area contributed by atoms with Crippen molar-refractivity contribution in [2.24, 2.45) is 0 Å². The van der Waals surface area contributed by atoms with Gasteiger partial charge in [-0.25, -0.2) is 0 Å². The molecule has 106 valence electrons. The monoisotopic (exact) mass is 254 g/mol. The summed E-state index contributed by atoms with van der Waals surface area (Å²) >= 11 is 0. The number of amides is 1. The largest absolute Gasteiger partial charge is 0.326 e. The summed E-state index contributed by atoms with van der Waals surface area (Å²) in [6, 6.07) is 0. The lowest BCUT2D eigenvalue weighted by Gasteiger charge is -2.21. The number of unbranched alkanes of at least 4 members (excludes halogenated alkanes) is 5. The first kappa shape index (κ1) is 15.5. The Morgan fingerprint density at radius 2 is 1.78 bits per heavy atom. The molecule has 0 spiro atoms. The summed E-state index contributed by atoms with van der Waals surface area (Å²) in [6.45, 7) is 9.34. The molecule has 0 bridgehead atoms. The van der Waals surface area contributed by atoms with Crippen LogP contribution in [0, 0.1) is 0 Å². The minimum Gasteiger partial charge on any atom is -0.326 e. The number of carbonyl (C=O) groups excluding carboxylic acids is 1. The van der Waals surface area contributed by atoms with E-state index in [9.17, 15) is 4.79 Å². The predicted molar refractivity (Wildman–Crippen MR) is 76.4 cm³/mol. The molecular formula is C15H30N2O. The van der Waals surface area contributed by atoms with Gasteiger partial charge in [0.05, 0.1) is 11.7 Å². The van der Waals surface area contributed by atoms with Crippen molar-refractivity contribution in [1.29, 1.82) is 0 Å². The molecule has 0 aromatic carbocycles. The van der Waals surface area contributed by atoms with Crippen LogP contribution in [0.3, 0.4) is 0 Å². The van der Waals surface area contributed by atoms with Gasteiger partial charge in [0.15, 0.2) is 0 Å². The van der Waals surface area contributed by atoms with Crippen LogP contribution < -0.4 is 5.32 Å². The Kier molecular flexibility index (Phi) is 6.13. The summed E-state index contributed by atoms with van der Waals surface area (Å²) in [6.07, 6.45) is 8.73. The number of rotatable bonds is 8. The molecular weight excluding hydrogens is 224 g/mol. The number of hydrogen-bond acceptors (Lipinski definition) is 2. The summed E-state index contributed by atoms with van der Waals surface area (Å²) in [4.78, 5) is 14.3. The third kappa shape index (κ3) is 3.71. The Morgan fingerprint density at radius 3 is 2.33 bits per heavy atom. The lowest BCUT2D eigenvalue weighted by Crippen LogP contribution is -2.43. The van der Waals surface area contributed by atoms with Crippen molar-refractivity contribution in [2.75, 3.05) is 6.54 Å². The first-order chi connectivity index (χ1) is 8.55. The molecule has 3 heteroatoms. The minimum absolute atomic E-state index is 0.193. The van der Waals surface area contributed by atoms with Crippen LogP contribution in [-0.2, 0) is 4.79 Å². The van der Waals surface area contributed by atoms with E-state index >= 15 is 0 Å². The number of carbonyl (C=O) groups is 1. The van der Waals surface area contributed by atoms with Crippen LogP contribution in [-0.4, -0.2) is 29.1 Å². The third-order valence-corrected chi connectivity index (χ3v) is 4.19. The van der Waals surface area contributed by atoms with Gasteiger partial charge in [0.1, 0.15) is 0 Å². The van der Waals surface area contributed by atoms with Gasteiger partial charge in [-0.05, 0) is 26.7 Å². The second-order valence-corrected chi connectivity index (χ2v) is 5.77. The molecule has 1 rings (SSSR count). The maximum absolute atomic E-state index is 12.3. The standard InChI is InChI=1S/C15H30N2O/c1-5-7-8-9-10-11-12-17-13(3)16-15(4,6-2)14(17)18/h13,16H,5-12H2,1-4H3. The van der Waals surface area contributed by atoms with E-state index in [-0.39, 0.29) is 17.6 Å². The molecule has 1 saturated heterocycles. The predicted octanol–water partition coefficient (Wildman–Crippen LogP) is 3.29. The molecule has 1 amide bonds. The highest BCUT2D eigenvalue weighted by Crippen LogP contribution is 2.23. The molecule has 3 nitrogen and oxygen atoms in total. The van der Waals surface area contributed by atoms with Gasteiger partial charge >= 0.3 is 0 Å². The van der Waals surface area contributed by atoms with E-state index < -0.39 is 0 Å². The maximum atomic E-state index is 12.3. The highest BCUT2D eigenvalue weighted by molar-refractivity contribution is 5.88. The molecule has 1 aliphatic rings. The summed E-state index contributed by atoms with van der Waals surface area (Å²) in [5.41, 5.74) is -0.332. The highest BCUT2D eigenvalue weighted by Gasteiger charge is 2.44. The van der Waals surface area contributed by atoms with E-state index in [1.807, 2.05) is 11.8 Å². The van der Waals surface area contributed by atoms with Gasteiger partial charge in [0, 0.05) is 6.54 Å². The van der Waals surface area contributed by atoms with Crippen molar-refractivity contribution in [3.05, 3.63) is 0 Å². The SMILES string of the molecule is CCCCCCCCN1C(=O)C(C)(CC)NC1C. The van der Waals surface area contributed by atoms with Crippen molar-refractivity contribution < 1.29 is 4.79 Å². The Balaban J connectivity index is 2.28. The van der Waals surface area contributed by atoms with Gasteiger partial charge in [-0.1, -0.05) is 46.0 Å². The lowest BCUT2D eigenvalue weighted by atomic mass is 9.99. The number of hydrogen-bond donors (Lipinski definition) is 1. The zero-order valence-corrected chi connectivity index (χ0v) is 12.6. The lowest BCUT2D eigenvalue weighted by molar-refractivity contribution is -0.132. The molecule has 0 aliphatic carbocycles. The maximum Gasteiger partial charge on any atom is 0.243 e. The van der Waals surface area contributed by atoms with Crippen molar-refractivity contribution in [3.8, 4) is 0 Å². The molecule has 2 atom stereocenters. The zero-order chi connectivity index (χ0) is 13.6. The van der Waals surface area contributed by atoms with Crippen LogP contribution in [0.1, 0.15) is 72.6 Å². The van der Waals surface area contributed by atoms with E-state index in [0.29, 0.717) is 0 Å². The van der Waals surface area contributed by atoms with Crippen molar-refractivity contribution in [3.63, 3.8) is 0 Å². The quantitative estimate of drug-likeness (QED) is 0.674. The average Bonchev–Trinajstić information content (AvgIpc) is 2.57. The summed E-state index contributed by atoms with van der Waals surface area (Å²) < 4.78 is 0. The Morgan fingerprint density at radius 1 is 1.17 bits per heavy atom. The van der Waals surface area contributed by atoms with Gasteiger partial charge in [-0.3, -0.25) is 10.1 Å². The van der Waals surface area contributed by atoms with Crippen LogP contribution in [0.25, 0.3) is 0 Å². The van der Waals surface area contributed by atoms with Crippen LogP contribution >= 0.6 is 0 Å². The molecule has 0 radical (unpaired) electrons. The molecule has 1 fully saturated rings. The highest BCUT2D eigenvalue weighted by atomic mass is 16.2. The molecule has 1 heterocycles. The van der Waals surface area contributed by atoms with Gasteiger partial charge in [0.2, 0.25) is 5.91 Å². The van der Waals surface area contributed by atoms with Crippen LogP contribution in [0.2, 0.25) is 0 Å². The van der Waals surface area contributed by atoms with Crippen LogP contribution in [0.15, 0.2) is 0 Å². The molecule has 2 unspecified atom stereocenters. The number of nitrogens with zero attached hydrogens (tertiary/aromatic N) is 1. The second kappa shape index (κ2) is 7.13. The smallest absolute Gasteiger partial charge is 0.243 e. The molecule has 0 saturated carbocycles. The molecule has 1 aliphatic heterocycles. The van der Waals surface area contributed by atoms with E-state index in [1.165, 1.54) is 32.1 Å². The van der Waals surface area contributed by atoms with Crippen molar-refractivity contribution >= 4 is 5.91 Å². The second-order valence-electron chi connectivity index (χ2n) is 5.77. The molecule has 0 aromatic heterocycles. The molecule has 0 aromatic rings. The van der Waals surface area contributed by atoms with E-state index in [0.717, 1.165) is 19.4 Å². The fourth-order valence-corrected chi connectivity index (χ4v) is 2.70. The topological polar surface area (TPSA) is 32.3 Å². The van der Waals surface area contributed by atoms with E-state index in [4.69, 9.17) is 0 Å². The normalized spacial score (nSPS) is 28.1. The third-order valence-electron chi connectivity index (χ3n) is 4.19.